The van der Waals surface area contributed by atoms with Crippen LogP contribution in [0.15, 0.2) is 24.3 Å². The van der Waals surface area contributed by atoms with Crippen molar-refractivity contribution in [1.29, 1.82) is 0 Å². The fourth-order valence-electron chi connectivity index (χ4n) is 1.45. The van der Waals surface area contributed by atoms with E-state index in [-0.39, 0.29) is 0 Å². The van der Waals surface area contributed by atoms with Gasteiger partial charge in [0.15, 0.2) is 0 Å². The lowest BCUT2D eigenvalue weighted by Crippen LogP contribution is -2.40. The van der Waals surface area contributed by atoms with Gasteiger partial charge in [-0.3, -0.25) is 10.1 Å². The number of carbonyl (C=O) groups is 1. The fraction of sp³-hybridized carbons (Fsp3) is 0.222. The molecule has 1 aromatic carbocycles. The Morgan fingerprint density at radius 1 is 1.40 bits per heavy atom. The summed E-state index contributed by atoms with van der Waals surface area (Å²) in [4.78, 5) is 21.1. The lowest BCUT2D eigenvalue weighted by atomic mass is 10.0. The second-order valence-electron chi connectivity index (χ2n) is 3.09. The van der Waals surface area contributed by atoms with Crippen molar-refractivity contribution < 1.29 is 14.5 Å². The van der Waals surface area contributed by atoms with Crippen molar-refractivity contribution >= 4 is 17.6 Å². The number of nitrogens with zero attached hydrogens (tertiary/aromatic N) is 1. The van der Waals surface area contributed by atoms with E-state index in [1.165, 1.54) is 0 Å². The standard InChI is InChI=1S/C9H6ClNO4/c10-7-5-3-1-2-4-6(5)15-9(12)8(7)11(13)14/h1-4,7-8H. The first-order valence-electron chi connectivity index (χ1n) is 4.19. The van der Waals surface area contributed by atoms with Crippen LogP contribution in [0.5, 0.6) is 5.75 Å². The molecule has 1 aromatic rings. The second kappa shape index (κ2) is 3.51. The van der Waals surface area contributed by atoms with Gasteiger partial charge in [-0.25, -0.2) is 4.79 Å². The average Bonchev–Trinajstić information content (AvgIpc) is 2.17. The van der Waals surface area contributed by atoms with Gasteiger partial charge < -0.3 is 4.74 Å². The van der Waals surface area contributed by atoms with E-state index >= 15 is 0 Å². The lowest BCUT2D eigenvalue weighted by molar-refractivity contribution is -0.511. The zero-order valence-electron chi connectivity index (χ0n) is 7.42. The second-order valence-corrected chi connectivity index (χ2v) is 3.56. The number of fused-ring (bicyclic) bond motifs is 1. The topological polar surface area (TPSA) is 69.4 Å². The van der Waals surface area contributed by atoms with Crippen molar-refractivity contribution in [2.45, 2.75) is 11.4 Å². The van der Waals surface area contributed by atoms with E-state index in [4.69, 9.17) is 16.3 Å². The van der Waals surface area contributed by atoms with E-state index in [1.807, 2.05) is 0 Å². The molecule has 0 spiro atoms. The molecule has 15 heavy (non-hydrogen) atoms. The summed E-state index contributed by atoms with van der Waals surface area (Å²) in [5.74, 6) is -0.626. The third kappa shape index (κ3) is 1.55. The lowest BCUT2D eigenvalue weighted by Gasteiger charge is -2.22. The molecule has 0 aliphatic carbocycles. The maximum Gasteiger partial charge on any atom is 0.389 e. The molecular formula is C9H6ClNO4. The molecule has 6 heteroatoms. The molecular weight excluding hydrogens is 222 g/mol. The van der Waals surface area contributed by atoms with Crippen LogP contribution in [-0.2, 0) is 4.79 Å². The monoisotopic (exact) mass is 227 g/mol. The molecule has 0 saturated heterocycles. The fourth-order valence-corrected chi connectivity index (χ4v) is 1.83. The predicted molar refractivity (Wildman–Crippen MR) is 51.5 cm³/mol. The van der Waals surface area contributed by atoms with Gasteiger partial charge in [0.05, 0.1) is 0 Å². The van der Waals surface area contributed by atoms with Crippen molar-refractivity contribution in [2.75, 3.05) is 0 Å². The number of para-hydroxylation sites is 1. The number of esters is 1. The summed E-state index contributed by atoms with van der Waals surface area (Å²) in [6.45, 7) is 0. The molecule has 0 saturated carbocycles. The molecule has 0 fully saturated rings. The average molecular weight is 228 g/mol. The Kier molecular flexibility index (Phi) is 2.32. The Labute approximate surface area is 89.8 Å². The third-order valence-electron chi connectivity index (χ3n) is 2.17. The molecule has 1 aliphatic heterocycles. The summed E-state index contributed by atoms with van der Waals surface area (Å²) in [6, 6.07) is 4.99. The van der Waals surface area contributed by atoms with Crippen LogP contribution in [0.2, 0.25) is 0 Å². The van der Waals surface area contributed by atoms with Gasteiger partial charge in [0, 0.05) is 10.5 Å². The summed E-state index contributed by atoms with van der Waals surface area (Å²) in [6.07, 6.45) is 0. The van der Waals surface area contributed by atoms with Gasteiger partial charge >= 0.3 is 12.0 Å². The number of hydrogen-bond acceptors (Lipinski definition) is 4. The Morgan fingerprint density at radius 3 is 2.73 bits per heavy atom. The van der Waals surface area contributed by atoms with Gasteiger partial charge in [-0.2, -0.15) is 0 Å². The van der Waals surface area contributed by atoms with E-state index in [0.717, 1.165) is 0 Å². The molecule has 2 unspecified atom stereocenters. The molecule has 2 atom stereocenters. The highest BCUT2D eigenvalue weighted by molar-refractivity contribution is 6.23. The highest BCUT2D eigenvalue weighted by atomic mass is 35.5. The molecule has 0 bridgehead atoms. The molecule has 0 aromatic heterocycles. The summed E-state index contributed by atoms with van der Waals surface area (Å²) in [5.41, 5.74) is 0.473. The molecule has 0 N–H and O–H groups in total. The van der Waals surface area contributed by atoms with E-state index in [0.29, 0.717) is 11.3 Å². The van der Waals surface area contributed by atoms with E-state index in [1.54, 1.807) is 24.3 Å². The maximum atomic E-state index is 11.3. The van der Waals surface area contributed by atoms with Crippen LogP contribution >= 0.6 is 11.6 Å². The minimum absolute atomic E-state index is 0.292. The predicted octanol–water partition coefficient (Wildman–Crippen LogP) is 1.53. The van der Waals surface area contributed by atoms with Crippen LogP contribution in [0.25, 0.3) is 0 Å². The molecule has 0 amide bonds. The number of halogens is 1. The highest BCUT2D eigenvalue weighted by Crippen LogP contribution is 2.37. The van der Waals surface area contributed by atoms with Gasteiger partial charge in [0.2, 0.25) is 0 Å². The molecule has 1 heterocycles. The van der Waals surface area contributed by atoms with Crippen LogP contribution < -0.4 is 4.74 Å². The molecule has 5 nitrogen and oxygen atoms in total. The number of alkyl halides is 1. The number of carbonyl (C=O) groups excluding carboxylic acids is 1. The minimum atomic E-state index is -1.53. The maximum absolute atomic E-state index is 11.3. The number of ether oxygens (including phenoxy) is 1. The SMILES string of the molecule is O=C1Oc2ccccc2C(Cl)C1[N+](=O)[O-]. The zero-order chi connectivity index (χ0) is 11.0. The van der Waals surface area contributed by atoms with Crippen LogP contribution in [0.1, 0.15) is 10.9 Å². The van der Waals surface area contributed by atoms with Gasteiger partial charge in [0.25, 0.3) is 0 Å². The minimum Gasteiger partial charge on any atom is -0.421 e. The summed E-state index contributed by atoms with van der Waals surface area (Å²) in [7, 11) is 0. The number of benzene rings is 1. The summed E-state index contributed by atoms with van der Waals surface area (Å²) < 4.78 is 4.81. The number of hydrogen-bond donors (Lipinski definition) is 0. The van der Waals surface area contributed by atoms with Gasteiger partial charge in [0.1, 0.15) is 11.1 Å². The Morgan fingerprint density at radius 2 is 2.07 bits per heavy atom. The number of rotatable bonds is 1. The van der Waals surface area contributed by atoms with Crippen molar-refractivity contribution in [3.05, 3.63) is 39.9 Å². The van der Waals surface area contributed by atoms with Crippen molar-refractivity contribution in [2.24, 2.45) is 0 Å². The third-order valence-corrected chi connectivity index (χ3v) is 2.65. The van der Waals surface area contributed by atoms with Crippen molar-refractivity contribution in [3.8, 4) is 5.75 Å². The van der Waals surface area contributed by atoms with Crippen LogP contribution in [0, 0.1) is 10.1 Å². The van der Waals surface area contributed by atoms with Crippen LogP contribution in [0.3, 0.4) is 0 Å². The van der Waals surface area contributed by atoms with E-state index in [2.05, 4.69) is 0 Å². The zero-order valence-corrected chi connectivity index (χ0v) is 8.18. The first kappa shape index (κ1) is 9.92. The van der Waals surface area contributed by atoms with Gasteiger partial charge in [-0.05, 0) is 6.07 Å². The largest absolute Gasteiger partial charge is 0.421 e. The quantitative estimate of drug-likeness (QED) is 0.240. The van der Waals surface area contributed by atoms with Gasteiger partial charge in [-0.15, -0.1) is 11.6 Å². The summed E-state index contributed by atoms with van der Waals surface area (Å²) in [5, 5.41) is 9.63. The van der Waals surface area contributed by atoms with Crippen LogP contribution in [-0.4, -0.2) is 16.9 Å². The smallest absolute Gasteiger partial charge is 0.389 e. The molecule has 0 radical (unpaired) electrons. The first-order chi connectivity index (χ1) is 7.11. The first-order valence-corrected chi connectivity index (χ1v) is 4.63. The Bertz CT molecular complexity index is 434. The number of nitro groups is 1. The van der Waals surface area contributed by atoms with E-state index in [9.17, 15) is 14.9 Å². The van der Waals surface area contributed by atoms with E-state index < -0.39 is 22.3 Å². The summed E-state index contributed by atoms with van der Waals surface area (Å²) >= 11 is 5.86. The van der Waals surface area contributed by atoms with Crippen LogP contribution in [0.4, 0.5) is 0 Å². The van der Waals surface area contributed by atoms with Crippen molar-refractivity contribution in [1.82, 2.24) is 0 Å². The highest BCUT2D eigenvalue weighted by Gasteiger charge is 2.45. The molecule has 2 rings (SSSR count). The molecule has 78 valence electrons. The normalized spacial score (nSPS) is 24.2. The Balaban J connectivity index is 2.47. The molecule has 1 aliphatic rings. The van der Waals surface area contributed by atoms with Gasteiger partial charge in [-0.1, -0.05) is 18.2 Å². The Hall–Kier alpha value is -1.62. The van der Waals surface area contributed by atoms with Crippen molar-refractivity contribution in [3.63, 3.8) is 0 Å².